The van der Waals surface area contributed by atoms with Crippen LogP contribution in [-0.4, -0.2) is 30.2 Å². The van der Waals surface area contributed by atoms with Crippen molar-refractivity contribution in [1.82, 2.24) is 0 Å². The number of rotatable bonds is 5. The number of thioether (sulfide) groups is 1. The number of ether oxygens (including phenoxy) is 2. The van der Waals surface area contributed by atoms with E-state index in [-0.39, 0.29) is 17.3 Å². The van der Waals surface area contributed by atoms with Crippen LogP contribution >= 0.6 is 23.4 Å². The number of methoxy groups -OCH3 is 1. The minimum absolute atomic E-state index is 0.164. The van der Waals surface area contributed by atoms with Crippen molar-refractivity contribution in [3.05, 3.63) is 28.8 Å². The van der Waals surface area contributed by atoms with E-state index in [9.17, 15) is 4.79 Å². The predicted octanol–water partition coefficient (Wildman–Crippen LogP) is 3.33. The van der Waals surface area contributed by atoms with Gasteiger partial charge in [0, 0.05) is 22.4 Å². The highest BCUT2D eigenvalue weighted by molar-refractivity contribution is 7.99. The Balaban J connectivity index is 1.79. The first-order chi connectivity index (χ1) is 9.08. The topological polar surface area (TPSA) is 35.5 Å². The van der Waals surface area contributed by atoms with Gasteiger partial charge in [-0.2, -0.15) is 11.8 Å². The molecule has 0 N–H and O–H groups in total. The molecule has 0 aliphatic carbocycles. The van der Waals surface area contributed by atoms with Gasteiger partial charge in [0.15, 0.2) is 0 Å². The van der Waals surface area contributed by atoms with Gasteiger partial charge in [-0.3, -0.25) is 4.79 Å². The maximum Gasteiger partial charge on any atom is 0.306 e. The number of halogens is 1. The SMILES string of the molecule is COC(=O)CC(C)SCC1Cc2cc(Cl)ccc2O1. The van der Waals surface area contributed by atoms with Crippen LogP contribution in [0.1, 0.15) is 18.9 Å². The van der Waals surface area contributed by atoms with E-state index in [1.807, 2.05) is 25.1 Å². The largest absolute Gasteiger partial charge is 0.489 e. The fourth-order valence-electron chi connectivity index (χ4n) is 2.03. The number of hydrogen-bond donors (Lipinski definition) is 0. The molecule has 0 spiro atoms. The van der Waals surface area contributed by atoms with Gasteiger partial charge in [0.2, 0.25) is 0 Å². The Morgan fingerprint density at radius 3 is 3.16 bits per heavy atom. The summed E-state index contributed by atoms with van der Waals surface area (Å²) >= 11 is 7.69. The van der Waals surface area contributed by atoms with Gasteiger partial charge < -0.3 is 9.47 Å². The lowest BCUT2D eigenvalue weighted by Crippen LogP contribution is -2.19. The molecule has 0 amide bonds. The third kappa shape index (κ3) is 4.05. The maximum absolute atomic E-state index is 11.2. The van der Waals surface area contributed by atoms with E-state index in [2.05, 4.69) is 4.74 Å². The fraction of sp³-hybridized carbons (Fsp3) is 0.500. The Morgan fingerprint density at radius 2 is 2.42 bits per heavy atom. The van der Waals surface area contributed by atoms with E-state index in [4.69, 9.17) is 16.3 Å². The summed E-state index contributed by atoms with van der Waals surface area (Å²) in [5.74, 6) is 1.63. The van der Waals surface area contributed by atoms with Crippen molar-refractivity contribution in [2.75, 3.05) is 12.9 Å². The normalized spacial score (nSPS) is 18.6. The zero-order valence-electron chi connectivity index (χ0n) is 11.0. The quantitative estimate of drug-likeness (QED) is 0.782. The monoisotopic (exact) mass is 300 g/mol. The molecule has 3 nitrogen and oxygen atoms in total. The van der Waals surface area contributed by atoms with Crippen LogP contribution in [0.2, 0.25) is 5.02 Å². The first kappa shape index (κ1) is 14.5. The lowest BCUT2D eigenvalue weighted by molar-refractivity contribution is -0.140. The van der Waals surface area contributed by atoms with E-state index < -0.39 is 0 Å². The van der Waals surface area contributed by atoms with Crippen molar-refractivity contribution >= 4 is 29.3 Å². The van der Waals surface area contributed by atoms with Gasteiger partial charge >= 0.3 is 5.97 Å². The summed E-state index contributed by atoms with van der Waals surface area (Å²) in [5.41, 5.74) is 1.17. The number of hydrogen-bond acceptors (Lipinski definition) is 4. The minimum atomic E-state index is -0.164. The molecule has 1 aliphatic rings. The Hall–Kier alpha value is -0.870. The van der Waals surface area contributed by atoms with E-state index >= 15 is 0 Å². The van der Waals surface area contributed by atoms with Crippen LogP contribution in [0.15, 0.2) is 18.2 Å². The number of carbonyl (C=O) groups is 1. The molecule has 2 atom stereocenters. The van der Waals surface area contributed by atoms with Gasteiger partial charge in [0.05, 0.1) is 13.5 Å². The van der Waals surface area contributed by atoms with Crippen LogP contribution in [0.4, 0.5) is 0 Å². The molecule has 2 unspecified atom stereocenters. The molecule has 1 aromatic rings. The van der Waals surface area contributed by atoms with Crippen molar-refractivity contribution in [1.29, 1.82) is 0 Å². The van der Waals surface area contributed by atoms with E-state index in [1.54, 1.807) is 11.8 Å². The first-order valence-electron chi connectivity index (χ1n) is 6.22. The zero-order chi connectivity index (χ0) is 13.8. The summed E-state index contributed by atoms with van der Waals surface area (Å²) in [6.45, 7) is 2.03. The van der Waals surface area contributed by atoms with Crippen LogP contribution in [0, 0.1) is 0 Å². The van der Waals surface area contributed by atoms with Gasteiger partial charge in [0.25, 0.3) is 0 Å². The molecule has 0 aromatic heterocycles. The summed E-state index contributed by atoms with van der Waals surface area (Å²) in [7, 11) is 1.42. The Morgan fingerprint density at radius 1 is 1.63 bits per heavy atom. The Bertz CT molecular complexity index is 464. The molecule has 19 heavy (non-hydrogen) atoms. The summed E-state index contributed by atoms with van der Waals surface area (Å²) < 4.78 is 10.5. The smallest absolute Gasteiger partial charge is 0.306 e. The highest BCUT2D eigenvalue weighted by atomic mass is 35.5. The number of carbonyl (C=O) groups excluding carboxylic acids is 1. The van der Waals surface area contributed by atoms with Crippen molar-refractivity contribution < 1.29 is 14.3 Å². The molecule has 2 rings (SSSR count). The average molecular weight is 301 g/mol. The molecule has 0 bridgehead atoms. The summed E-state index contributed by atoms with van der Waals surface area (Å²) in [6.07, 6.45) is 1.49. The van der Waals surface area contributed by atoms with Crippen LogP contribution in [0.5, 0.6) is 5.75 Å². The standard InChI is InChI=1S/C14H17ClO3S/c1-9(5-14(16)17-2)19-8-12-7-10-6-11(15)3-4-13(10)18-12/h3-4,6,9,12H,5,7-8H2,1-2H3. The summed E-state index contributed by atoms with van der Waals surface area (Å²) in [4.78, 5) is 11.2. The summed E-state index contributed by atoms with van der Waals surface area (Å²) in [5, 5.41) is 0.984. The maximum atomic E-state index is 11.2. The molecular weight excluding hydrogens is 284 g/mol. The lowest BCUT2D eigenvalue weighted by Gasteiger charge is -2.14. The molecular formula is C14H17ClO3S. The van der Waals surface area contributed by atoms with Crippen LogP contribution in [0.25, 0.3) is 0 Å². The van der Waals surface area contributed by atoms with Crippen molar-refractivity contribution in [2.24, 2.45) is 0 Å². The lowest BCUT2D eigenvalue weighted by atomic mass is 10.1. The Kier molecular flexibility index (Phi) is 4.99. The van der Waals surface area contributed by atoms with E-state index in [1.165, 1.54) is 12.7 Å². The molecule has 0 radical (unpaired) electrons. The Labute approximate surface area is 122 Å². The van der Waals surface area contributed by atoms with Crippen LogP contribution in [-0.2, 0) is 16.0 Å². The molecule has 1 heterocycles. The van der Waals surface area contributed by atoms with Gasteiger partial charge in [0.1, 0.15) is 11.9 Å². The van der Waals surface area contributed by atoms with Gasteiger partial charge in [-0.15, -0.1) is 0 Å². The number of fused-ring (bicyclic) bond motifs is 1. The minimum Gasteiger partial charge on any atom is -0.489 e. The van der Waals surface area contributed by atoms with Gasteiger partial charge in [-0.1, -0.05) is 18.5 Å². The second-order valence-corrected chi connectivity index (χ2v) is 6.53. The molecule has 104 valence electrons. The predicted molar refractivity (Wildman–Crippen MR) is 78.1 cm³/mol. The van der Waals surface area contributed by atoms with Crippen molar-refractivity contribution in [3.63, 3.8) is 0 Å². The van der Waals surface area contributed by atoms with Gasteiger partial charge in [-0.05, 0) is 23.8 Å². The van der Waals surface area contributed by atoms with E-state index in [0.29, 0.717) is 6.42 Å². The van der Waals surface area contributed by atoms with E-state index in [0.717, 1.165) is 22.9 Å². The zero-order valence-corrected chi connectivity index (χ0v) is 12.6. The third-order valence-corrected chi connectivity index (χ3v) is 4.55. The number of esters is 1. The average Bonchev–Trinajstić information content (AvgIpc) is 2.78. The molecule has 0 saturated carbocycles. The number of benzene rings is 1. The second-order valence-electron chi connectivity index (χ2n) is 4.62. The third-order valence-electron chi connectivity index (χ3n) is 3.01. The molecule has 5 heteroatoms. The fourth-order valence-corrected chi connectivity index (χ4v) is 3.21. The van der Waals surface area contributed by atoms with Crippen molar-refractivity contribution in [3.8, 4) is 5.75 Å². The first-order valence-corrected chi connectivity index (χ1v) is 7.64. The highest BCUT2D eigenvalue weighted by Crippen LogP contribution is 2.32. The van der Waals surface area contributed by atoms with Crippen molar-refractivity contribution in [2.45, 2.75) is 31.1 Å². The highest BCUT2D eigenvalue weighted by Gasteiger charge is 2.24. The molecule has 0 saturated heterocycles. The molecule has 0 fully saturated rings. The van der Waals surface area contributed by atoms with Crippen LogP contribution in [0.3, 0.4) is 0 Å². The van der Waals surface area contributed by atoms with Crippen LogP contribution < -0.4 is 4.74 Å². The molecule has 1 aromatic carbocycles. The molecule has 1 aliphatic heterocycles. The van der Waals surface area contributed by atoms with Gasteiger partial charge in [-0.25, -0.2) is 0 Å². The summed E-state index contributed by atoms with van der Waals surface area (Å²) in [6, 6.07) is 5.72. The second kappa shape index (κ2) is 6.53.